The third kappa shape index (κ3) is 3.96. The van der Waals surface area contributed by atoms with Crippen LogP contribution in [0.3, 0.4) is 0 Å². The number of nitrogens with one attached hydrogen (secondary N) is 1. The van der Waals surface area contributed by atoms with Crippen LogP contribution >= 0.6 is 0 Å². The van der Waals surface area contributed by atoms with Gasteiger partial charge >= 0.3 is 6.09 Å². The van der Waals surface area contributed by atoms with Gasteiger partial charge in [0.1, 0.15) is 5.60 Å². The molecule has 82 valence electrons. The highest BCUT2D eigenvalue weighted by atomic mass is 16.6. The van der Waals surface area contributed by atoms with E-state index in [0.717, 1.165) is 6.42 Å². The number of carbonyl (C=O) groups is 1. The number of carbonyl (C=O) groups excluding carboxylic acids is 1. The molecular weight excluding hydrogens is 182 g/mol. The van der Waals surface area contributed by atoms with Gasteiger partial charge in [0.15, 0.2) is 0 Å². The van der Waals surface area contributed by atoms with Gasteiger partial charge in [-0.1, -0.05) is 0 Å². The first-order valence-corrected chi connectivity index (χ1v) is 4.98. The first-order valence-electron chi connectivity index (χ1n) is 4.98. The molecule has 1 N–H and O–H groups in total. The van der Waals surface area contributed by atoms with Crippen LogP contribution in [-0.2, 0) is 9.47 Å². The molecule has 1 saturated heterocycles. The Labute approximate surface area is 85.0 Å². The molecule has 0 spiro atoms. The van der Waals surface area contributed by atoms with Crippen LogP contribution in [-0.4, -0.2) is 30.4 Å². The summed E-state index contributed by atoms with van der Waals surface area (Å²) in [5, 5.41) is 2.78. The molecular formula is C10H19NO3. The number of ether oxygens (including phenoxy) is 2. The molecule has 0 aromatic carbocycles. The van der Waals surface area contributed by atoms with Gasteiger partial charge in [0.05, 0.1) is 18.8 Å². The fraction of sp³-hybridized carbons (Fsp3) is 0.900. The lowest BCUT2D eigenvalue weighted by Gasteiger charge is -2.21. The number of hydrogen-bond donors (Lipinski definition) is 1. The van der Waals surface area contributed by atoms with Crippen molar-refractivity contribution in [2.75, 3.05) is 6.61 Å². The molecule has 1 amide bonds. The Morgan fingerprint density at radius 1 is 1.50 bits per heavy atom. The van der Waals surface area contributed by atoms with Crippen LogP contribution in [0.1, 0.15) is 34.1 Å². The molecule has 0 aliphatic carbocycles. The van der Waals surface area contributed by atoms with Crippen molar-refractivity contribution in [1.29, 1.82) is 0 Å². The van der Waals surface area contributed by atoms with E-state index in [-0.39, 0.29) is 18.2 Å². The van der Waals surface area contributed by atoms with Gasteiger partial charge in [0.2, 0.25) is 0 Å². The monoisotopic (exact) mass is 201 g/mol. The Hall–Kier alpha value is -0.770. The van der Waals surface area contributed by atoms with E-state index in [2.05, 4.69) is 5.32 Å². The van der Waals surface area contributed by atoms with Crippen molar-refractivity contribution in [1.82, 2.24) is 5.32 Å². The number of amides is 1. The highest BCUT2D eigenvalue weighted by molar-refractivity contribution is 5.68. The average Bonchev–Trinajstić information content (AvgIpc) is 2.30. The lowest BCUT2D eigenvalue weighted by atomic mass is 10.2. The third-order valence-corrected chi connectivity index (χ3v) is 1.92. The Kier molecular flexibility index (Phi) is 3.37. The van der Waals surface area contributed by atoms with Gasteiger partial charge in [-0.15, -0.1) is 0 Å². The predicted molar refractivity (Wildman–Crippen MR) is 53.2 cm³/mol. The summed E-state index contributed by atoms with van der Waals surface area (Å²) in [6.07, 6.45) is 0.731. The molecule has 1 fully saturated rings. The van der Waals surface area contributed by atoms with E-state index in [1.54, 1.807) is 0 Å². The Morgan fingerprint density at radius 2 is 2.14 bits per heavy atom. The topological polar surface area (TPSA) is 47.6 Å². The Bertz CT molecular complexity index is 210. The largest absolute Gasteiger partial charge is 0.444 e. The maximum Gasteiger partial charge on any atom is 0.407 e. The van der Waals surface area contributed by atoms with E-state index in [0.29, 0.717) is 6.61 Å². The minimum atomic E-state index is -0.435. The van der Waals surface area contributed by atoms with Crippen LogP contribution in [0.2, 0.25) is 0 Å². The first-order chi connectivity index (χ1) is 6.37. The summed E-state index contributed by atoms with van der Waals surface area (Å²) < 4.78 is 10.5. The third-order valence-electron chi connectivity index (χ3n) is 1.92. The first kappa shape index (κ1) is 11.3. The zero-order valence-corrected chi connectivity index (χ0v) is 9.29. The van der Waals surface area contributed by atoms with Crippen molar-refractivity contribution in [3.8, 4) is 0 Å². The second-order valence-electron chi connectivity index (χ2n) is 4.72. The number of hydrogen-bond acceptors (Lipinski definition) is 3. The van der Waals surface area contributed by atoms with E-state index < -0.39 is 5.60 Å². The standard InChI is InChI=1S/C10H19NO3/c1-7-5-8(6-13-7)11-9(12)14-10(2,3)4/h7-8H,5-6H2,1-4H3,(H,11,12)/t7-,8?/m0/s1. The maximum absolute atomic E-state index is 11.3. The lowest BCUT2D eigenvalue weighted by molar-refractivity contribution is 0.0495. The van der Waals surface area contributed by atoms with Crippen LogP contribution in [0.15, 0.2) is 0 Å². The molecule has 0 saturated carbocycles. The van der Waals surface area contributed by atoms with Crippen LogP contribution in [0.5, 0.6) is 0 Å². The summed E-state index contributed by atoms with van der Waals surface area (Å²) >= 11 is 0. The van der Waals surface area contributed by atoms with Crippen molar-refractivity contribution in [3.63, 3.8) is 0 Å². The smallest absolute Gasteiger partial charge is 0.407 e. The van der Waals surface area contributed by atoms with Gasteiger partial charge < -0.3 is 14.8 Å². The quantitative estimate of drug-likeness (QED) is 0.702. The van der Waals surface area contributed by atoms with Crippen molar-refractivity contribution in [2.24, 2.45) is 0 Å². The SMILES string of the molecule is C[C@H]1CC(NC(=O)OC(C)(C)C)CO1. The average molecular weight is 201 g/mol. The summed E-state index contributed by atoms with van der Waals surface area (Å²) in [5.74, 6) is 0. The minimum Gasteiger partial charge on any atom is -0.444 e. The van der Waals surface area contributed by atoms with Crippen LogP contribution in [0, 0.1) is 0 Å². The molecule has 1 rings (SSSR count). The minimum absolute atomic E-state index is 0.0971. The summed E-state index contributed by atoms with van der Waals surface area (Å²) in [6.45, 7) is 8.12. The van der Waals surface area contributed by atoms with Gasteiger partial charge in [-0.25, -0.2) is 4.79 Å². The van der Waals surface area contributed by atoms with Crippen molar-refractivity contribution in [3.05, 3.63) is 0 Å². The van der Waals surface area contributed by atoms with Crippen LogP contribution in [0.4, 0.5) is 4.79 Å². The van der Waals surface area contributed by atoms with Gasteiger partial charge in [-0.05, 0) is 34.1 Å². The second kappa shape index (κ2) is 4.17. The van der Waals surface area contributed by atoms with Crippen molar-refractivity contribution in [2.45, 2.75) is 51.9 Å². The summed E-state index contributed by atoms with van der Waals surface area (Å²) in [6, 6.07) is 0.0971. The van der Waals surface area contributed by atoms with E-state index in [1.807, 2.05) is 27.7 Å². The van der Waals surface area contributed by atoms with Gasteiger partial charge in [-0.2, -0.15) is 0 Å². The molecule has 1 aliphatic heterocycles. The fourth-order valence-corrected chi connectivity index (χ4v) is 1.39. The predicted octanol–water partition coefficient (Wildman–Crippen LogP) is 1.69. The van der Waals surface area contributed by atoms with Gasteiger partial charge in [-0.3, -0.25) is 0 Å². The molecule has 0 bridgehead atoms. The summed E-state index contributed by atoms with van der Waals surface area (Å²) in [7, 11) is 0. The van der Waals surface area contributed by atoms with Gasteiger partial charge in [0, 0.05) is 0 Å². The molecule has 4 nitrogen and oxygen atoms in total. The molecule has 4 heteroatoms. The normalized spacial score (nSPS) is 27.4. The molecule has 1 unspecified atom stereocenters. The molecule has 1 heterocycles. The van der Waals surface area contributed by atoms with Crippen molar-refractivity contribution < 1.29 is 14.3 Å². The molecule has 14 heavy (non-hydrogen) atoms. The van der Waals surface area contributed by atoms with Gasteiger partial charge in [0.25, 0.3) is 0 Å². The molecule has 1 aliphatic rings. The second-order valence-corrected chi connectivity index (χ2v) is 4.72. The van der Waals surface area contributed by atoms with Crippen molar-refractivity contribution >= 4 is 6.09 Å². The fourth-order valence-electron chi connectivity index (χ4n) is 1.39. The Morgan fingerprint density at radius 3 is 2.57 bits per heavy atom. The number of alkyl carbamates (subject to hydrolysis) is 1. The zero-order valence-electron chi connectivity index (χ0n) is 9.29. The molecule has 0 radical (unpaired) electrons. The van der Waals surface area contributed by atoms with Crippen LogP contribution < -0.4 is 5.32 Å². The van der Waals surface area contributed by atoms with E-state index in [1.165, 1.54) is 0 Å². The highest BCUT2D eigenvalue weighted by Gasteiger charge is 2.25. The van der Waals surface area contributed by atoms with E-state index in [4.69, 9.17) is 9.47 Å². The van der Waals surface area contributed by atoms with E-state index in [9.17, 15) is 4.79 Å². The maximum atomic E-state index is 11.3. The Balaban J connectivity index is 2.27. The molecule has 0 aromatic heterocycles. The molecule has 2 atom stereocenters. The highest BCUT2D eigenvalue weighted by Crippen LogP contribution is 2.13. The van der Waals surface area contributed by atoms with Crippen LogP contribution in [0.25, 0.3) is 0 Å². The zero-order chi connectivity index (χ0) is 10.8. The summed E-state index contributed by atoms with van der Waals surface area (Å²) in [5.41, 5.74) is -0.435. The van der Waals surface area contributed by atoms with E-state index >= 15 is 0 Å². The lowest BCUT2D eigenvalue weighted by Crippen LogP contribution is -2.39. The summed E-state index contributed by atoms with van der Waals surface area (Å²) in [4.78, 5) is 11.3. The number of rotatable bonds is 1. The molecule has 0 aromatic rings.